The first-order valence-corrected chi connectivity index (χ1v) is 7.87. The van der Waals surface area contributed by atoms with Crippen molar-refractivity contribution in [3.8, 4) is 0 Å². The minimum absolute atomic E-state index is 0.177. The van der Waals surface area contributed by atoms with Gasteiger partial charge in [-0.1, -0.05) is 48.5 Å². The lowest BCUT2D eigenvalue weighted by molar-refractivity contribution is -0.115. The molecular weight excluding hydrogens is 314 g/mol. The number of pyridine rings is 1. The average Bonchev–Trinajstić information content (AvgIpc) is 2.63. The van der Waals surface area contributed by atoms with Gasteiger partial charge < -0.3 is 10.6 Å². The second kappa shape index (κ2) is 7.88. The maximum absolute atomic E-state index is 12.5. The Balaban J connectivity index is 1.72. The van der Waals surface area contributed by atoms with E-state index in [1.165, 1.54) is 0 Å². The molecule has 5 heteroatoms. The summed E-state index contributed by atoms with van der Waals surface area (Å²) in [5.74, 6) is -0.0449. The van der Waals surface area contributed by atoms with Gasteiger partial charge in [0.25, 0.3) is 5.91 Å². The fourth-order valence-electron chi connectivity index (χ4n) is 2.39. The van der Waals surface area contributed by atoms with Crippen molar-refractivity contribution in [2.45, 2.75) is 6.42 Å². The largest absolute Gasteiger partial charge is 0.325 e. The molecule has 0 atom stereocenters. The van der Waals surface area contributed by atoms with Crippen molar-refractivity contribution in [2.24, 2.45) is 0 Å². The fourth-order valence-corrected chi connectivity index (χ4v) is 2.39. The second-order valence-electron chi connectivity index (χ2n) is 5.43. The molecule has 25 heavy (non-hydrogen) atoms. The highest BCUT2D eigenvalue weighted by Crippen LogP contribution is 2.17. The standard InChI is InChI=1S/C20H17N3O2/c24-19(14-15-8-2-1-3-9-15)22-17-11-5-4-10-16(17)20(25)23-18-12-6-7-13-21-18/h1-13H,14H2,(H,22,24)(H,21,23,25). The van der Waals surface area contributed by atoms with E-state index in [2.05, 4.69) is 15.6 Å². The van der Waals surface area contributed by atoms with Gasteiger partial charge in [-0.05, 0) is 29.8 Å². The summed E-state index contributed by atoms with van der Waals surface area (Å²) in [4.78, 5) is 28.8. The normalized spacial score (nSPS) is 10.1. The summed E-state index contributed by atoms with van der Waals surface area (Å²) in [6.45, 7) is 0. The molecule has 2 amide bonds. The summed E-state index contributed by atoms with van der Waals surface area (Å²) in [7, 11) is 0. The molecule has 0 aliphatic carbocycles. The smallest absolute Gasteiger partial charge is 0.258 e. The van der Waals surface area contributed by atoms with Crippen LogP contribution in [-0.2, 0) is 11.2 Å². The van der Waals surface area contributed by atoms with Crippen LogP contribution in [0, 0.1) is 0 Å². The highest BCUT2D eigenvalue weighted by Gasteiger charge is 2.13. The molecule has 0 spiro atoms. The van der Waals surface area contributed by atoms with E-state index in [1.807, 2.05) is 30.3 Å². The molecular formula is C20H17N3O2. The van der Waals surface area contributed by atoms with Gasteiger partial charge in [-0.25, -0.2) is 4.98 Å². The van der Waals surface area contributed by atoms with Crippen LogP contribution >= 0.6 is 0 Å². The summed E-state index contributed by atoms with van der Waals surface area (Å²) in [6.07, 6.45) is 1.85. The van der Waals surface area contributed by atoms with E-state index in [-0.39, 0.29) is 18.2 Å². The number of carbonyl (C=O) groups is 2. The van der Waals surface area contributed by atoms with Gasteiger partial charge in [0.2, 0.25) is 5.91 Å². The van der Waals surface area contributed by atoms with Gasteiger partial charge in [-0.15, -0.1) is 0 Å². The maximum Gasteiger partial charge on any atom is 0.258 e. The minimum Gasteiger partial charge on any atom is -0.325 e. The van der Waals surface area contributed by atoms with Crippen molar-refractivity contribution < 1.29 is 9.59 Å². The molecule has 1 aromatic heterocycles. The van der Waals surface area contributed by atoms with E-state index in [9.17, 15) is 9.59 Å². The van der Waals surface area contributed by atoms with Crippen molar-refractivity contribution in [3.05, 3.63) is 90.1 Å². The molecule has 2 aromatic carbocycles. The number of nitrogens with one attached hydrogen (secondary N) is 2. The first kappa shape index (κ1) is 16.4. The molecule has 3 rings (SSSR count). The minimum atomic E-state index is -0.325. The van der Waals surface area contributed by atoms with E-state index in [0.29, 0.717) is 17.1 Å². The van der Waals surface area contributed by atoms with Crippen LogP contribution < -0.4 is 10.6 Å². The summed E-state index contributed by atoms with van der Waals surface area (Å²) in [6, 6.07) is 21.6. The lowest BCUT2D eigenvalue weighted by Gasteiger charge is -2.11. The Morgan fingerprint density at radius 3 is 2.28 bits per heavy atom. The van der Waals surface area contributed by atoms with Crippen molar-refractivity contribution in [3.63, 3.8) is 0 Å². The third-order valence-corrected chi connectivity index (χ3v) is 3.56. The maximum atomic E-state index is 12.5. The lowest BCUT2D eigenvalue weighted by Crippen LogP contribution is -2.19. The lowest BCUT2D eigenvalue weighted by atomic mass is 10.1. The Morgan fingerprint density at radius 1 is 0.800 bits per heavy atom. The second-order valence-corrected chi connectivity index (χ2v) is 5.43. The van der Waals surface area contributed by atoms with E-state index >= 15 is 0 Å². The number of carbonyl (C=O) groups excluding carboxylic acids is 2. The van der Waals surface area contributed by atoms with Gasteiger partial charge >= 0.3 is 0 Å². The Kier molecular flexibility index (Phi) is 5.16. The third-order valence-electron chi connectivity index (χ3n) is 3.56. The number of rotatable bonds is 5. The van der Waals surface area contributed by atoms with Crippen molar-refractivity contribution >= 4 is 23.3 Å². The van der Waals surface area contributed by atoms with E-state index in [0.717, 1.165) is 5.56 Å². The van der Waals surface area contributed by atoms with Crippen LogP contribution in [-0.4, -0.2) is 16.8 Å². The van der Waals surface area contributed by atoms with Crippen molar-refractivity contribution in [2.75, 3.05) is 10.6 Å². The molecule has 0 saturated carbocycles. The number of nitrogens with zero attached hydrogens (tertiary/aromatic N) is 1. The Hall–Kier alpha value is -3.47. The van der Waals surface area contributed by atoms with Gasteiger partial charge in [0.05, 0.1) is 17.7 Å². The number of amides is 2. The zero-order valence-corrected chi connectivity index (χ0v) is 13.5. The summed E-state index contributed by atoms with van der Waals surface area (Å²) < 4.78 is 0. The predicted octanol–water partition coefficient (Wildman–Crippen LogP) is 3.52. The number of hydrogen-bond acceptors (Lipinski definition) is 3. The van der Waals surface area contributed by atoms with Crippen molar-refractivity contribution in [1.29, 1.82) is 0 Å². The Labute approximate surface area is 145 Å². The van der Waals surface area contributed by atoms with E-state index < -0.39 is 0 Å². The third kappa shape index (κ3) is 4.51. The molecule has 0 aliphatic rings. The van der Waals surface area contributed by atoms with Gasteiger partial charge in [-0.3, -0.25) is 9.59 Å². The molecule has 5 nitrogen and oxygen atoms in total. The number of benzene rings is 2. The molecule has 0 unspecified atom stereocenters. The first-order chi connectivity index (χ1) is 12.2. The SMILES string of the molecule is O=C(Cc1ccccc1)Nc1ccccc1C(=O)Nc1ccccn1. The molecule has 2 N–H and O–H groups in total. The topological polar surface area (TPSA) is 71.1 Å². The summed E-state index contributed by atoms with van der Waals surface area (Å²) in [5.41, 5.74) is 1.77. The van der Waals surface area contributed by atoms with E-state index in [1.54, 1.807) is 48.7 Å². The van der Waals surface area contributed by atoms with Gasteiger partial charge in [-0.2, -0.15) is 0 Å². The Morgan fingerprint density at radius 2 is 1.52 bits per heavy atom. The van der Waals surface area contributed by atoms with Crippen LogP contribution in [0.4, 0.5) is 11.5 Å². The number of anilines is 2. The number of para-hydroxylation sites is 1. The highest BCUT2D eigenvalue weighted by atomic mass is 16.2. The van der Waals surface area contributed by atoms with Crippen molar-refractivity contribution in [1.82, 2.24) is 4.98 Å². The van der Waals surface area contributed by atoms with Gasteiger partial charge in [0.15, 0.2) is 0 Å². The van der Waals surface area contributed by atoms with Gasteiger partial charge in [0.1, 0.15) is 5.82 Å². The summed E-state index contributed by atoms with van der Waals surface area (Å²) >= 11 is 0. The van der Waals surface area contributed by atoms with Crippen LogP contribution in [0.25, 0.3) is 0 Å². The zero-order chi connectivity index (χ0) is 17.5. The van der Waals surface area contributed by atoms with Crippen LogP contribution in [0.15, 0.2) is 79.0 Å². The molecule has 0 aliphatic heterocycles. The Bertz CT molecular complexity index is 864. The van der Waals surface area contributed by atoms with E-state index in [4.69, 9.17) is 0 Å². The molecule has 1 heterocycles. The van der Waals surface area contributed by atoms with Crippen LogP contribution in [0.5, 0.6) is 0 Å². The highest BCUT2D eigenvalue weighted by molar-refractivity contribution is 6.09. The summed E-state index contributed by atoms with van der Waals surface area (Å²) in [5, 5.41) is 5.53. The molecule has 124 valence electrons. The van der Waals surface area contributed by atoms with Gasteiger partial charge in [0, 0.05) is 6.20 Å². The molecule has 0 fully saturated rings. The molecule has 0 radical (unpaired) electrons. The van der Waals surface area contributed by atoms with Crippen LogP contribution in [0.1, 0.15) is 15.9 Å². The molecule has 0 bridgehead atoms. The number of hydrogen-bond donors (Lipinski definition) is 2. The quantitative estimate of drug-likeness (QED) is 0.751. The number of aromatic nitrogens is 1. The first-order valence-electron chi connectivity index (χ1n) is 7.87. The van der Waals surface area contributed by atoms with Crippen LogP contribution in [0.3, 0.4) is 0 Å². The fraction of sp³-hybridized carbons (Fsp3) is 0.0500. The zero-order valence-electron chi connectivity index (χ0n) is 13.5. The predicted molar refractivity (Wildman–Crippen MR) is 97.4 cm³/mol. The molecule has 3 aromatic rings. The van der Waals surface area contributed by atoms with Crippen LogP contribution in [0.2, 0.25) is 0 Å². The average molecular weight is 331 g/mol. The molecule has 0 saturated heterocycles. The monoisotopic (exact) mass is 331 g/mol.